The SMILES string of the molecule is COC(=O)Cc1csc(NC(=O)COC(=O)C2(c3ccc(F)cc3)CCCC2)n1. The lowest BCUT2D eigenvalue weighted by Gasteiger charge is -2.27. The van der Waals surface area contributed by atoms with Gasteiger partial charge in [0.1, 0.15) is 5.82 Å². The van der Waals surface area contributed by atoms with Crippen molar-refractivity contribution < 1.29 is 28.2 Å². The van der Waals surface area contributed by atoms with Gasteiger partial charge < -0.3 is 9.47 Å². The number of nitrogens with zero attached hydrogens (tertiary/aromatic N) is 1. The van der Waals surface area contributed by atoms with Gasteiger partial charge in [-0.25, -0.2) is 9.37 Å². The first kappa shape index (κ1) is 20.9. The molecule has 1 amide bonds. The molecule has 0 bridgehead atoms. The van der Waals surface area contributed by atoms with Crippen molar-refractivity contribution in [3.05, 3.63) is 46.7 Å². The molecule has 0 saturated heterocycles. The van der Waals surface area contributed by atoms with E-state index in [1.165, 1.54) is 19.2 Å². The average Bonchev–Trinajstić information content (AvgIpc) is 3.37. The molecule has 1 aromatic heterocycles. The normalized spacial score (nSPS) is 15.0. The molecule has 1 fully saturated rings. The molecule has 0 spiro atoms. The second-order valence-electron chi connectivity index (χ2n) is 6.82. The molecule has 0 unspecified atom stereocenters. The van der Waals surface area contributed by atoms with Gasteiger partial charge >= 0.3 is 11.9 Å². The molecule has 0 atom stereocenters. The predicted molar refractivity (Wildman–Crippen MR) is 104 cm³/mol. The summed E-state index contributed by atoms with van der Waals surface area (Å²) >= 11 is 1.16. The molecule has 1 aliphatic rings. The van der Waals surface area contributed by atoms with E-state index in [2.05, 4.69) is 15.0 Å². The number of ether oxygens (including phenoxy) is 2. The Kier molecular flexibility index (Phi) is 6.58. The molecule has 29 heavy (non-hydrogen) atoms. The van der Waals surface area contributed by atoms with Crippen LogP contribution in [0.1, 0.15) is 36.9 Å². The smallest absolute Gasteiger partial charge is 0.317 e. The van der Waals surface area contributed by atoms with Crippen LogP contribution < -0.4 is 5.32 Å². The van der Waals surface area contributed by atoms with Crippen molar-refractivity contribution in [2.75, 3.05) is 19.0 Å². The number of hydrogen-bond donors (Lipinski definition) is 1. The summed E-state index contributed by atoms with van der Waals surface area (Å²) in [5.41, 5.74) is 0.340. The number of thiazole rings is 1. The summed E-state index contributed by atoms with van der Waals surface area (Å²) in [7, 11) is 1.29. The zero-order valence-corrected chi connectivity index (χ0v) is 16.7. The minimum absolute atomic E-state index is 0.0120. The topological polar surface area (TPSA) is 94.6 Å². The number of benzene rings is 1. The fraction of sp³-hybridized carbons (Fsp3) is 0.400. The van der Waals surface area contributed by atoms with Gasteiger partial charge in [0.05, 0.1) is 24.6 Å². The number of anilines is 1. The summed E-state index contributed by atoms with van der Waals surface area (Å²) in [6, 6.07) is 5.84. The molecule has 1 aliphatic carbocycles. The summed E-state index contributed by atoms with van der Waals surface area (Å²) in [6.45, 7) is -0.451. The van der Waals surface area contributed by atoms with Gasteiger partial charge in [-0.3, -0.25) is 19.7 Å². The van der Waals surface area contributed by atoms with Gasteiger partial charge in [-0.2, -0.15) is 0 Å². The van der Waals surface area contributed by atoms with Crippen molar-refractivity contribution in [3.63, 3.8) is 0 Å². The molecule has 0 radical (unpaired) electrons. The van der Waals surface area contributed by atoms with Crippen LogP contribution in [0.3, 0.4) is 0 Å². The number of halogens is 1. The van der Waals surface area contributed by atoms with Crippen LogP contribution in [-0.4, -0.2) is 36.5 Å². The number of rotatable bonds is 7. The second-order valence-corrected chi connectivity index (χ2v) is 7.68. The lowest BCUT2D eigenvalue weighted by molar-refractivity contribution is -0.153. The third-order valence-corrected chi connectivity index (χ3v) is 5.74. The van der Waals surface area contributed by atoms with Gasteiger partial charge in [0.25, 0.3) is 5.91 Å². The van der Waals surface area contributed by atoms with E-state index in [1.54, 1.807) is 17.5 Å². The van der Waals surface area contributed by atoms with E-state index in [-0.39, 0.29) is 12.2 Å². The van der Waals surface area contributed by atoms with Gasteiger partial charge in [-0.15, -0.1) is 11.3 Å². The molecule has 7 nitrogen and oxygen atoms in total. The first-order valence-electron chi connectivity index (χ1n) is 9.17. The zero-order valence-electron chi connectivity index (χ0n) is 15.9. The molecule has 0 aliphatic heterocycles. The Morgan fingerprint density at radius 1 is 1.21 bits per heavy atom. The molecule has 1 heterocycles. The van der Waals surface area contributed by atoms with Crippen LogP contribution in [0, 0.1) is 5.82 Å². The van der Waals surface area contributed by atoms with Gasteiger partial charge in [0.2, 0.25) is 0 Å². The van der Waals surface area contributed by atoms with Gasteiger partial charge in [-0.1, -0.05) is 25.0 Å². The number of hydrogen-bond acceptors (Lipinski definition) is 7. The highest BCUT2D eigenvalue weighted by molar-refractivity contribution is 7.13. The molecular formula is C20H21FN2O5S. The molecular weight excluding hydrogens is 399 g/mol. The Hall–Kier alpha value is -2.81. The maximum Gasteiger partial charge on any atom is 0.317 e. The summed E-state index contributed by atoms with van der Waals surface area (Å²) < 4.78 is 23.1. The van der Waals surface area contributed by atoms with Crippen LogP contribution >= 0.6 is 11.3 Å². The zero-order chi connectivity index (χ0) is 20.9. The fourth-order valence-corrected chi connectivity index (χ4v) is 4.17. The molecule has 1 saturated carbocycles. The number of nitrogens with one attached hydrogen (secondary N) is 1. The van der Waals surface area contributed by atoms with Crippen molar-refractivity contribution in [2.45, 2.75) is 37.5 Å². The first-order chi connectivity index (χ1) is 13.9. The average molecular weight is 420 g/mol. The maximum absolute atomic E-state index is 13.3. The van der Waals surface area contributed by atoms with E-state index < -0.39 is 29.9 Å². The Labute approximate surface area is 171 Å². The van der Waals surface area contributed by atoms with E-state index in [0.717, 1.165) is 24.2 Å². The fourth-order valence-electron chi connectivity index (χ4n) is 3.45. The standard InChI is InChI=1S/C20H21FN2O5S/c1-27-17(25)10-15-12-29-19(22-15)23-16(24)11-28-18(26)20(8-2-3-9-20)13-4-6-14(21)7-5-13/h4-7,12H,2-3,8-11H2,1H3,(H,22,23,24). The van der Waals surface area contributed by atoms with Crippen molar-refractivity contribution in [3.8, 4) is 0 Å². The van der Waals surface area contributed by atoms with Crippen LogP contribution in [0.5, 0.6) is 0 Å². The van der Waals surface area contributed by atoms with Gasteiger partial charge in [-0.05, 0) is 30.5 Å². The van der Waals surface area contributed by atoms with Crippen molar-refractivity contribution >= 4 is 34.3 Å². The maximum atomic E-state index is 13.3. The summed E-state index contributed by atoms with van der Waals surface area (Å²) in [4.78, 5) is 40.3. The van der Waals surface area contributed by atoms with E-state index in [0.29, 0.717) is 29.2 Å². The summed E-state index contributed by atoms with van der Waals surface area (Å²) in [5.74, 6) is -1.80. The van der Waals surface area contributed by atoms with Crippen molar-refractivity contribution in [2.24, 2.45) is 0 Å². The quantitative estimate of drug-likeness (QED) is 0.692. The van der Waals surface area contributed by atoms with Crippen LogP contribution in [-0.2, 0) is 35.7 Å². The van der Waals surface area contributed by atoms with E-state index in [1.807, 2.05) is 0 Å². The number of methoxy groups -OCH3 is 1. The van der Waals surface area contributed by atoms with Crippen LogP contribution in [0.15, 0.2) is 29.6 Å². The third-order valence-electron chi connectivity index (χ3n) is 4.93. The van der Waals surface area contributed by atoms with Crippen LogP contribution in [0.25, 0.3) is 0 Å². The molecule has 9 heteroatoms. The highest BCUT2D eigenvalue weighted by Gasteiger charge is 2.44. The Morgan fingerprint density at radius 2 is 1.90 bits per heavy atom. The number of aromatic nitrogens is 1. The molecule has 1 aromatic carbocycles. The lowest BCUT2D eigenvalue weighted by Crippen LogP contribution is -2.36. The van der Waals surface area contributed by atoms with E-state index >= 15 is 0 Å². The largest absolute Gasteiger partial charge is 0.469 e. The molecule has 2 aromatic rings. The molecule has 3 rings (SSSR count). The Balaban J connectivity index is 1.58. The lowest BCUT2D eigenvalue weighted by atomic mass is 9.79. The van der Waals surface area contributed by atoms with E-state index in [9.17, 15) is 18.8 Å². The minimum atomic E-state index is -0.844. The third kappa shape index (κ3) is 4.97. The van der Waals surface area contributed by atoms with Crippen LogP contribution in [0.2, 0.25) is 0 Å². The highest BCUT2D eigenvalue weighted by atomic mass is 32.1. The van der Waals surface area contributed by atoms with Gasteiger partial charge in [0.15, 0.2) is 11.7 Å². The summed E-state index contributed by atoms with van der Waals surface area (Å²) in [5, 5.41) is 4.49. The molecule has 154 valence electrons. The van der Waals surface area contributed by atoms with Gasteiger partial charge in [0, 0.05) is 5.38 Å². The number of esters is 2. The van der Waals surface area contributed by atoms with Crippen molar-refractivity contribution in [1.29, 1.82) is 0 Å². The monoisotopic (exact) mass is 420 g/mol. The minimum Gasteiger partial charge on any atom is -0.469 e. The highest BCUT2D eigenvalue weighted by Crippen LogP contribution is 2.42. The second kappa shape index (κ2) is 9.13. The Morgan fingerprint density at radius 3 is 2.55 bits per heavy atom. The Bertz CT molecular complexity index is 891. The molecule has 1 N–H and O–H groups in total. The summed E-state index contributed by atoms with van der Waals surface area (Å²) in [6.07, 6.45) is 2.93. The number of carbonyl (C=O) groups is 3. The van der Waals surface area contributed by atoms with Crippen LogP contribution in [0.4, 0.5) is 9.52 Å². The van der Waals surface area contributed by atoms with E-state index in [4.69, 9.17) is 4.74 Å². The number of carbonyl (C=O) groups excluding carboxylic acids is 3. The predicted octanol–water partition coefficient (Wildman–Crippen LogP) is 2.99. The number of amides is 1. The first-order valence-corrected chi connectivity index (χ1v) is 10.1. The van der Waals surface area contributed by atoms with Crippen molar-refractivity contribution in [1.82, 2.24) is 4.98 Å².